The maximum absolute atomic E-state index is 12.4. The van der Waals surface area contributed by atoms with Crippen LogP contribution in [0.25, 0.3) is 0 Å². The Hall–Kier alpha value is -2.41. The molecular weight excluding hydrogens is 324 g/mol. The van der Waals surface area contributed by atoms with E-state index in [0.29, 0.717) is 0 Å². The van der Waals surface area contributed by atoms with E-state index in [1.54, 1.807) is 0 Å². The lowest BCUT2D eigenvalue weighted by atomic mass is 10.1. The second-order valence-corrected chi connectivity index (χ2v) is 5.98. The Morgan fingerprint density at radius 1 is 1.00 bits per heavy atom. The van der Waals surface area contributed by atoms with Crippen molar-refractivity contribution in [2.24, 2.45) is 0 Å². The molecule has 7 nitrogen and oxygen atoms in total. The van der Waals surface area contributed by atoms with Gasteiger partial charge in [-0.1, -0.05) is 12.8 Å². The molecule has 1 aliphatic heterocycles. The highest BCUT2D eigenvalue weighted by Gasteiger charge is 2.19. The minimum Gasteiger partial charge on any atom is -0.465 e. The van der Waals surface area contributed by atoms with Gasteiger partial charge in [-0.05, 0) is 44.1 Å². The van der Waals surface area contributed by atoms with Crippen LogP contribution < -0.4 is 5.32 Å². The van der Waals surface area contributed by atoms with E-state index in [9.17, 15) is 14.4 Å². The number of rotatable bonds is 5. The molecule has 136 valence electrons. The molecule has 0 unspecified atom stereocenters. The molecule has 25 heavy (non-hydrogen) atoms. The fraction of sp³-hybridized carbons (Fsp3) is 0.500. The van der Waals surface area contributed by atoms with Gasteiger partial charge in [0.2, 0.25) is 5.91 Å². The number of ether oxygens (including phenoxy) is 2. The summed E-state index contributed by atoms with van der Waals surface area (Å²) in [6.07, 6.45) is 4.54. The molecule has 0 atom stereocenters. The van der Waals surface area contributed by atoms with E-state index in [1.165, 1.54) is 45.3 Å². The minimum absolute atomic E-state index is 0.194. The average Bonchev–Trinajstić information content (AvgIpc) is 2.88. The number of benzene rings is 1. The summed E-state index contributed by atoms with van der Waals surface area (Å²) in [5, 5.41) is 2.72. The Balaban J connectivity index is 2.15. The zero-order valence-electron chi connectivity index (χ0n) is 14.7. The third-order valence-electron chi connectivity index (χ3n) is 4.19. The monoisotopic (exact) mass is 348 g/mol. The molecule has 1 heterocycles. The molecule has 1 N–H and O–H groups in total. The summed E-state index contributed by atoms with van der Waals surface area (Å²) in [7, 11) is 2.54. The lowest BCUT2D eigenvalue weighted by Gasteiger charge is -2.19. The molecule has 1 aliphatic rings. The summed E-state index contributed by atoms with van der Waals surface area (Å²) in [4.78, 5) is 38.1. The molecule has 1 aromatic rings. The van der Waals surface area contributed by atoms with Crippen LogP contribution in [0.3, 0.4) is 0 Å². The van der Waals surface area contributed by atoms with E-state index < -0.39 is 11.9 Å². The average molecular weight is 348 g/mol. The predicted octanol–water partition coefficient (Wildman–Crippen LogP) is 2.07. The third kappa shape index (κ3) is 5.29. The number of likely N-dealkylation sites (tertiary alicyclic amines) is 1. The van der Waals surface area contributed by atoms with Crippen LogP contribution >= 0.6 is 0 Å². The highest BCUT2D eigenvalue weighted by molar-refractivity contribution is 6.03. The number of nitrogens with zero attached hydrogens (tertiary/aromatic N) is 1. The first-order valence-electron chi connectivity index (χ1n) is 8.38. The maximum Gasteiger partial charge on any atom is 0.339 e. The Morgan fingerprint density at radius 2 is 1.64 bits per heavy atom. The fourth-order valence-electron chi connectivity index (χ4n) is 2.87. The van der Waals surface area contributed by atoms with Crippen molar-refractivity contribution in [3.8, 4) is 0 Å². The van der Waals surface area contributed by atoms with Gasteiger partial charge in [0.1, 0.15) is 0 Å². The number of anilines is 1. The number of methoxy groups -OCH3 is 2. The van der Waals surface area contributed by atoms with Crippen LogP contribution in [0, 0.1) is 0 Å². The number of nitrogens with one attached hydrogen (secondary N) is 1. The molecule has 0 bridgehead atoms. The molecule has 0 spiro atoms. The van der Waals surface area contributed by atoms with E-state index in [-0.39, 0.29) is 29.3 Å². The molecule has 1 fully saturated rings. The van der Waals surface area contributed by atoms with E-state index in [0.717, 1.165) is 25.9 Å². The quantitative estimate of drug-likeness (QED) is 0.820. The fourth-order valence-corrected chi connectivity index (χ4v) is 2.87. The summed E-state index contributed by atoms with van der Waals surface area (Å²) in [6.45, 7) is 2.03. The molecule has 1 amide bonds. The standard InChI is InChI=1S/C18H24N2O5/c1-24-17(22)13-7-8-14(18(23)25-2)15(11-13)19-16(21)12-20-9-5-3-4-6-10-20/h7-8,11H,3-6,9-10,12H2,1-2H3,(H,19,21). The Morgan fingerprint density at radius 3 is 2.24 bits per heavy atom. The van der Waals surface area contributed by atoms with E-state index in [4.69, 9.17) is 4.74 Å². The topological polar surface area (TPSA) is 84.9 Å². The number of carbonyl (C=O) groups excluding carboxylic acids is 3. The van der Waals surface area contributed by atoms with Gasteiger partial charge < -0.3 is 14.8 Å². The maximum atomic E-state index is 12.4. The first kappa shape index (κ1) is 18.9. The Bertz CT molecular complexity index is 636. The van der Waals surface area contributed by atoms with Gasteiger partial charge in [-0.15, -0.1) is 0 Å². The highest BCUT2D eigenvalue weighted by atomic mass is 16.5. The normalized spacial score (nSPS) is 15.1. The zero-order chi connectivity index (χ0) is 18.2. The zero-order valence-corrected chi connectivity index (χ0v) is 14.7. The van der Waals surface area contributed by atoms with Crippen LogP contribution in [-0.2, 0) is 14.3 Å². The van der Waals surface area contributed by atoms with Crippen molar-refractivity contribution < 1.29 is 23.9 Å². The van der Waals surface area contributed by atoms with Crippen LogP contribution in [0.2, 0.25) is 0 Å². The molecule has 7 heteroatoms. The van der Waals surface area contributed by atoms with Crippen LogP contribution in [0.15, 0.2) is 18.2 Å². The molecule has 2 rings (SSSR count). The summed E-state index contributed by atoms with van der Waals surface area (Å²) in [6, 6.07) is 4.33. The first-order valence-corrected chi connectivity index (χ1v) is 8.38. The van der Waals surface area contributed by atoms with Crippen LogP contribution in [0.5, 0.6) is 0 Å². The van der Waals surface area contributed by atoms with Gasteiger partial charge in [0.15, 0.2) is 0 Å². The molecule has 0 aliphatic carbocycles. The SMILES string of the molecule is COC(=O)c1ccc(C(=O)OC)c(NC(=O)CN2CCCCCC2)c1. The third-order valence-corrected chi connectivity index (χ3v) is 4.19. The molecular formula is C18H24N2O5. The van der Waals surface area contributed by atoms with Crippen LogP contribution in [-0.4, -0.2) is 56.6 Å². The smallest absolute Gasteiger partial charge is 0.339 e. The van der Waals surface area contributed by atoms with Crippen molar-refractivity contribution in [2.75, 3.05) is 39.2 Å². The van der Waals surface area contributed by atoms with Crippen molar-refractivity contribution in [2.45, 2.75) is 25.7 Å². The van der Waals surface area contributed by atoms with Crippen molar-refractivity contribution in [3.63, 3.8) is 0 Å². The lowest BCUT2D eigenvalue weighted by Crippen LogP contribution is -2.34. The first-order chi connectivity index (χ1) is 12.0. The van der Waals surface area contributed by atoms with Crippen LogP contribution in [0.4, 0.5) is 5.69 Å². The van der Waals surface area contributed by atoms with Crippen molar-refractivity contribution in [1.82, 2.24) is 4.90 Å². The second-order valence-electron chi connectivity index (χ2n) is 5.98. The summed E-state index contributed by atoms with van der Waals surface area (Å²) >= 11 is 0. The molecule has 1 saturated heterocycles. The highest BCUT2D eigenvalue weighted by Crippen LogP contribution is 2.20. The van der Waals surface area contributed by atoms with E-state index >= 15 is 0 Å². The number of carbonyl (C=O) groups is 3. The number of hydrogen-bond donors (Lipinski definition) is 1. The number of amides is 1. The van der Waals surface area contributed by atoms with Gasteiger partial charge in [0.05, 0.1) is 37.6 Å². The largest absolute Gasteiger partial charge is 0.465 e. The van der Waals surface area contributed by atoms with Gasteiger partial charge in [0.25, 0.3) is 0 Å². The van der Waals surface area contributed by atoms with Gasteiger partial charge >= 0.3 is 11.9 Å². The van der Waals surface area contributed by atoms with Crippen molar-refractivity contribution in [3.05, 3.63) is 29.3 Å². The van der Waals surface area contributed by atoms with Crippen LogP contribution in [0.1, 0.15) is 46.4 Å². The summed E-state index contributed by atoms with van der Waals surface area (Å²) < 4.78 is 9.42. The van der Waals surface area contributed by atoms with Gasteiger partial charge in [-0.2, -0.15) is 0 Å². The molecule has 0 radical (unpaired) electrons. The van der Waals surface area contributed by atoms with Gasteiger partial charge in [-0.25, -0.2) is 9.59 Å². The van der Waals surface area contributed by atoms with Gasteiger partial charge in [-0.3, -0.25) is 9.69 Å². The van der Waals surface area contributed by atoms with Crippen molar-refractivity contribution in [1.29, 1.82) is 0 Å². The van der Waals surface area contributed by atoms with E-state index in [1.807, 2.05) is 0 Å². The van der Waals surface area contributed by atoms with Crippen molar-refractivity contribution >= 4 is 23.5 Å². The number of esters is 2. The molecule has 1 aromatic carbocycles. The Kier molecular flexibility index (Phi) is 6.94. The second kappa shape index (κ2) is 9.17. The molecule has 0 aromatic heterocycles. The minimum atomic E-state index is -0.582. The summed E-state index contributed by atoms with van der Waals surface area (Å²) in [5.74, 6) is -1.35. The predicted molar refractivity (Wildman–Crippen MR) is 92.7 cm³/mol. The van der Waals surface area contributed by atoms with E-state index in [2.05, 4.69) is 15.0 Å². The number of hydrogen-bond acceptors (Lipinski definition) is 6. The Labute approximate surface area is 147 Å². The summed E-state index contributed by atoms with van der Waals surface area (Å²) in [5.41, 5.74) is 0.689. The van der Waals surface area contributed by atoms with Gasteiger partial charge in [0, 0.05) is 0 Å². The lowest BCUT2D eigenvalue weighted by molar-refractivity contribution is -0.117. The molecule has 0 saturated carbocycles.